The highest BCUT2D eigenvalue weighted by atomic mass is 32.2. The van der Waals surface area contributed by atoms with Crippen molar-refractivity contribution >= 4 is 28.6 Å². The van der Waals surface area contributed by atoms with E-state index in [2.05, 4.69) is 29.4 Å². The monoisotopic (exact) mass is 336 g/mol. The normalized spacial score (nSPS) is 12.0. The first-order valence-electron chi connectivity index (χ1n) is 8.02. The van der Waals surface area contributed by atoms with Gasteiger partial charge in [-0.15, -0.1) is 0 Å². The zero-order chi connectivity index (χ0) is 16.8. The first kappa shape index (κ1) is 16.5. The average molecular weight is 336 g/mol. The topological polar surface area (TPSA) is 42.0 Å². The number of fused-ring (bicyclic) bond motifs is 1. The minimum atomic E-state index is 0.0396. The predicted octanol–water partition coefficient (Wildman–Crippen LogP) is 4.25. The lowest BCUT2D eigenvalue weighted by molar-refractivity contribution is -0.118. The van der Waals surface area contributed by atoms with Gasteiger partial charge in [0.2, 0.25) is 5.91 Å². The Labute approximate surface area is 146 Å². The van der Waals surface area contributed by atoms with Gasteiger partial charge in [-0.2, -0.15) is 0 Å². The second-order valence-electron chi connectivity index (χ2n) is 5.75. The van der Waals surface area contributed by atoms with E-state index in [1.807, 2.05) is 54.6 Å². The molecule has 0 aliphatic heterocycles. The molecule has 0 spiro atoms. The Hall–Kier alpha value is -2.33. The van der Waals surface area contributed by atoms with Gasteiger partial charge in [-0.25, -0.2) is 4.98 Å². The van der Waals surface area contributed by atoms with Crippen LogP contribution in [0.4, 0.5) is 0 Å². The first-order valence-corrected chi connectivity index (χ1v) is 9.01. The maximum atomic E-state index is 12.1. The van der Waals surface area contributed by atoms with Crippen molar-refractivity contribution in [3.8, 4) is 0 Å². The molecule has 0 saturated carbocycles. The molecule has 3 nitrogen and oxygen atoms in total. The molecular formula is C20H20N2OS. The summed E-state index contributed by atoms with van der Waals surface area (Å²) in [5.41, 5.74) is 2.20. The van der Waals surface area contributed by atoms with E-state index < -0.39 is 0 Å². The highest BCUT2D eigenvalue weighted by molar-refractivity contribution is 7.99. The number of amides is 1. The number of carbonyl (C=O) groups is 1. The van der Waals surface area contributed by atoms with Crippen LogP contribution in [0.15, 0.2) is 71.8 Å². The third kappa shape index (κ3) is 4.36. The molecule has 1 atom stereocenters. The summed E-state index contributed by atoms with van der Waals surface area (Å²) in [6.07, 6.45) is 0. The van der Waals surface area contributed by atoms with Crippen molar-refractivity contribution in [2.75, 3.05) is 12.3 Å². The van der Waals surface area contributed by atoms with Crippen molar-refractivity contribution in [2.24, 2.45) is 0 Å². The molecule has 2 aromatic carbocycles. The standard InChI is InChI=1S/C20H20N2OS/c1-15(16-7-3-2-4-8-16)13-21-19(23)14-24-20-12-11-17-9-5-6-10-18(17)22-20/h2-12,15H,13-14H2,1H3,(H,21,23)/t15-/m1/s1. The fourth-order valence-corrected chi connectivity index (χ4v) is 3.19. The molecule has 0 bridgehead atoms. The van der Waals surface area contributed by atoms with E-state index in [-0.39, 0.29) is 5.91 Å². The zero-order valence-corrected chi connectivity index (χ0v) is 14.4. The zero-order valence-electron chi connectivity index (χ0n) is 13.6. The Kier molecular flexibility index (Phi) is 5.49. The number of nitrogens with zero attached hydrogens (tertiary/aromatic N) is 1. The number of carbonyl (C=O) groups excluding carboxylic acids is 1. The molecule has 0 fully saturated rings. The van der Waals surface area contributed by atoms with E-state index in [4.69, 9.17) is 0 Å². The molecule has 1 aromatic heterocycles. The molecule has 0 unspecified atom stereocenters. The number of hydrogen-bond donors (Lipinski definition) is 1. The summed E-state index contributed by atoms with van der Waals surface area (Å²) >= 11 is 1.47. The predicted molar refractivity (Wildman–Crippen MR) is 100 cm³/mol. The minimum Gasteiger partial charge on any atom is -0.355 e. The van der Waals surface area contributed by atoms with E-state index >= 15 is 0 Å². The van der Waals surface area contributed by atoms with Crippen LogP contribution >= 0.6 is 11.8 Å². The van der Waals surface area contributed by atoms with E-state index in [1.165, 1.54) is 17.3 Å². The van der Waals surface area contributed by atoms with Gasteiger partial charge in [0.05, 0.1) is 16.3 Å². The molecule has 0 aliphatic carbocycles. The number of hydrogen-bond acceptors (Lipinski definition) is 3. The third-order valence-corrected chi connectivity index (χ3v) is 4.83. The maximum absolute atomic E-state index is 12.1. The van der Waals surface area contributed by atoms with E-state index in [1.54, 1.807) is 0 Å². The molecule has 0 saturated heterocycles. The number of thioether (sulfide) groups is 1. The highest BCUT2D eigenvalue weighted by Gasteiger charge is 2.08. The van der Waals surface area contributed by atoms with Crippen LogP contribution in [0.1, 0.15) is 18.4 Å². The van der Waals surface area contributed by atoms with Crippen molar-refractivity contribution in [2.45, 2.75) is 17.9 Å². The number of pyridine rings is 1. The van der Waals surface area contributed by atoms with Gasteiger partial charge in [0.1, 0.15) is 0 Å². The third-order valence-electron chi connectivity index (χ3n) is 3.90. The summed E-state index contributed by atoms with van der Waals surface area (Å²) < 4.78 is 0. The second kappa shape index (κ2) is 7.97. The van der Waals surface area contributed by atoms with Gasteiger partial charge in [-0.05, 0) is 23.6 Å². The minimum absolute atomic E-state index is 0.0396. The van der Waals surface area contributed by atoms with Gasteiger partial charge in [0.25, 0.3) is 0 Å². The number of rotatable bonds is 6. The van der Waals surface area contributed by atoms with Crippen LogP contribution in [0.3, 0.4) is 0 Å². The summed E-state index contributed by atoms with van der Waals surface area (Å²) in [4.78, 5) is 16.6. The summed E-state index contributed by atoms with van der Waals surface area (Å²) in [6.45, 7) is 2.77. The van der Waals surface area contributed by atoms with Gasteiger partial charge in [-0.1, -0.05) is 73.3 Å². The van der Waals surface area contributed by atoms with Gasteiger partial charge in [0.15, 0.2) is 0 Å². The smallest absolute Gasteiger partial charge is 0.230 e. The lowest BCUT2D eigenvalue weighted by Crippen LogP contribution is -2.29. The molecule has 3 rings (SSSR count). The van der Waals surface area contributed by atoms with Gasteiger partial charge >= 0.3 is 0 Å². The molecular weight excluding hydrogens is 316 g/mol. The summed E-state index contributed by atoms with van der Waals surface area (Å²) in [7, 11) is 0. The maximum Gasteiger partial charge on any atom is 0.230 e. The first-order chi connectivity index (χ1) is 11.7. The van der Waals surface area contributed by atoms with Crippen LogP contribution in [0.25, 0.3) is 10.9 Å². The van der Waals surface area contributed by atoms with Crippen LogP contribution in [0.5, 0.6) is 0 Å². The van der Waals surface area contributed by atoms with Crippen LogP contribution in [0, 0.1) is 0 Å². The Morgan fingerprint density at radius 2 is 1.79 bits per heavy atom. The van der Waals surface area contributed by atoms with Gasteiger partial charge in [-0.3, -0.25) is 4.79 Å². The van der Waals surface area contributed by atoms with Crippen molar-refractivity contribution < 1.29 is 4.79 Å². The van der Waals surface area contributed by atoms with Crippen molar-refractivity contribution in [1.82, 2.24) is 10.3 Å². The van der Waals surface area contributed by atoms with Crippen LogP contribution in [-0.2, 0) is 4.79 Å². The van der Waals surface area contributed by atoms with Crippen molar-refractivity contribution in [1.29, 1.82) is 0 Å². The molecule has 0 aliphatic rings. The summed E-state index contributed by atoms with van der Waals surface area (Å²) in [5.74, 6) is 0.726. The second-order valence-corrected chi connectivity index (χ2v) is 6.74. The molecule has 3 aromatic rings. The molecule has 4 heteroatoms. The SMILES string of the molecule is C[C@H](CNC(=O)CSc1ccc2ccccc2n1)c1ccccc1. The Balaban J connectivity index is 1.49. The molecule has 1 N–H and O–H groups in total. The van der Waals surface area contributed by atoms with Crippen LogP contribution in [-0.4, -0.2) is 23.2 Å². The number of para-hydroxylation sites is 1. The number of nitrogens with one attached hydrogen (secondary N) is 1. The summed E-state index contributed by atoms with van der Waals surface area (Å²) in [6, 6.07) is 22.2. The number of benzene rings is 2. The van der Waals surface area contributed by atoms with E-state index in [0.717, 1.165) is 15.9 Å². The fourth-order valence-electron chi connectivity index (χ4n) is 2.48. The largest absolute Gasteiger partial charge is 0.355 e. The molecule has 122 valence electrons. The lowest BCUT2D eigenvalue weighted by Gasteiger charge is -2.13. The molecule has 1 amide bonds. The van der Waals surface area contributed by atoms with Crippen LogP contribution < -0.4 is 5.32 Å². The Morgan fingerprint density at radius 3 is 2.62 bits per heavy atom. The van der Waals surface area contributed by atoms with Crippen LogP contribution in [0.2, 0.25) is 0 Å². The Bertz CT molecular complexity index is 820. The quantitative estimate of drug-likeness (QED) is 0.684. The van der Waals surface area contributed by atoms with Crippen molar-refractivity contribution in [3.05, 3.63) is 72.3 Å². The molecule has 24 heavy (non-hydrogen) atoms. The van der Waals surface area contributed by atoms with E-state index in [0.29, 0.717) is 18.2 Å². The molecule has 0 radical (unpaired) electrons. The van der Waals surface area contributed by atoms with Gasteiger partial charge < -0.3 is 5.32 Å². The van der Waals surface area contributed by atoms with E-state index in [9.17, 15) is 4.79 Å². The highest BCUT2D eigenvalue weighted by Crippen LogP contribution is 2.20. The lowest BCUT2D eigenvalue weighted by atomic mass is 10.0. The van der Waals surface area contributed by atoms with Crippen molar-refractivity contribution in [3.63, 3.8) is 0 Å². The average Bonchev–Trinajstić information content (AvgIpc) is 2.65. The Morgan fingerprint density at radius 1 is 1.04 bits per heavy atom. The summed E-state index contributed by atoms with van der Waals surface area (Å²) in [5, 5.41) is 4.99. The van der Waals surface area contributed by atoms with Gasteiger partial charge in [0, 0.05) is 11.9 Å². The molecule has 1 heterocycles. The number of aromatic nitrogens is 1. The fraction of sp³-hybridized carbons (Fsp3) is 0.200.